The molecule has 1 atom stereocenters. The van der Waals surface area contributed by atoms with Gasteiger partial charge in [0.1, 0.15) is 5.75 Å². The Bertz CT molecular complexity index is 910. The van der Waals surface area contributed by atoms with Gasteiger partial charge in [-0.15, -0.1) is 0 Å². The molecular formula is C22H20N2O2. The number of ether oxygens (including phenoxy) is 1. The summed E-state index contributed by atoms with van der Waals surface area (Å²) in [6.07, 6.45) is 4.13. The monoisotopic (exact) mass is 344 g/mol. The average molecular weight is 344 g/mol. The second-order valence-electron chi connectivity index (χ2n) is 6.36. The molecule has 26 heavy (non-hydrogen) atoms. The fourth-order valence-corrected chi connectivity index (χ4v) is 3.60. The number of methoxy groups -OCH3 is 1. The first-order chi connectivity index (χ1) is 12.8. The van der Waals surface area contributed by atoms with Crippen molar-refractivity contribution in [1.82, 2.24) is 9.88 Å². The second-order valence-corrected chi connectivity index (χ2v) is 6.36. The van der Waals surface area contributed by atoms with Crippen molar-refractivity contribution < 1.29 is 9.53 Å². The summed E-state index contributed by atoms with van der Waals surface area (Å²) in [6, 6.07) is 19.8. The van der Waals surface area contributed by atoms with Crippen LogP contribution in [0.4, 0.5) is 0 Å². The first-order valence-electron chi connectivity index (χ1n) is 8.70. The largest absolute Gasteiger partial charge is 0.497 e. The van der Waals surface area contributed by atoms with Crippen molar-refractivity contribution in [2.24, 2.45) is 0 Å². The maximum atomic E-state index is 13.2. The summed E-state index contributed by atoms with van der Waals surface area (Å²) in [5.41, 5.74) is 4.17. The van der Waals surface area contributed by atoms with E-state index in [0.29, 0.717) is 12.1 Å². The van der Waals surface area contributed by atoms with Crippen LogP contribution in [-0.4, -0.2) is 29.4 Å². The number of hydrogen-bond acceptors (Lipinski definition) is 3. The molecule has 1 aromatic heterocycles. The number of fused-ring (bicyclic) bond motifs is 1. The van der Waals surface area contributed by atoms with Crippen LogP contribution in [0.5, 0.6) is 5.75 Å². The average Bonchev–Trinajstić information content (AvgIpc) is 2.73. The zero-order valence-electron chi connectivity index (χ0n) is 14.6. The van der Waals surface area contributed by atoms with Gasteiger partial charge in [-0.25, -0.2) is 0 Å². The number of nitrogens with zero attached hydrogens (tertiary/aromatic N) is 2. The molecule has 0 radical (unpaired) electrons. The lowest BCUT2D eigenvalue weighted by Crippen LogP contribution is -2.40. The van der Waals surface area contributed by atoms with Crippen LogP contribution in [0.2, 0.25) is 0 Å². The zero-order chi connectivity index (χ0) is 17.9. The molecule has 0 saturated heterocycles. The van der Waals surface area contributed by atoms with Crippen molar-refractivity contribution in [1.29, 1.82) is 0 Å². The van der Waals surface area contributed by atoms with E-state index < -0.39 is 0 Å². The Kier molecular flexibility index (Phi) is 4.40. The van der Waals surface area contributed by atoms with E-state index in [1.807, 2.05) is 29.2 Å². The number of carbonyl (C=O) groups excluding carboxylic acids is 1. The molecular weight excluding hydrogens is 324 g/mol. The summed E-state index contributed by atoms with van der Waals surface area (Å²) >= 11 is 0. The van der Waals surface area contributed by atoms with Crippen molar-refractivity contribution in [2.45, 2.75) is 12.5 Å². The maximum Gasteiger partial charge on any atom is 0.254 e. The molecule has 1 unspecified atom stereocenters. The molecule has 4 nitrogen and oxygen atoms in total. The molecule has 0 fully saturated rings. The number of aromatic nitrogens is 1. The van der Waals surface area contributed by atoms with Crippen molar-refractivity contribution in [3.05, 3.63) is 95.3 Å². The van der Waals surface area contributed by atoms with E-state index in [4.69, 9.17) is 4.74 Å². The summed E-state index contributed by atoms with van der Waals surface area (Å²) < 4.78 is 5.38. The van der Waals surface area contributed by atoms with Gasteiger partial charge >= 0.3 is 0 Å². The zero-order valence-corrected chi connectivity index (χ0v) is 14.6. The third-order valence-electron chi connectivity index (χ3n) is 4.88. The number of amides is 1. The Morgan fingerprint density at radius 1 is 1.08 bits per heavy atom. The minimum absolute atomic E-state index is 0.0303. The molecule has 0 N–H and O–H groups in total. The van der Waals surface area contributed by atoms with Crippen LogP contribution < -0.4 is 4.74 Å². The fourth-order valence-electron chi connectivity index (χ4n) is 3.60. The number of rotatable bonds is 3. The van der Waals surface area contributed by atoms with Crippen LogP contribution in [-0.2, 0) is 6.42 Å². The van der Waals surface area contributed by atoms with Crippen LogP contribution in [0, 0.1) is 0 Å². The molecule has 1 amide bonds. The highest BCUT2D eigenvalue weighted by molar-refractivity contribution is 5.94. The summed E-state index contributed by atoms with van der Waals surface area (Å²) in [6.45, 7) is 0.668. The van der Waals surface area contributed by atoms with Crippen LogP contribution in [0.25, 0.3) is 0 Å². The molecule has 0 spiro atoms. The number of pyridine rings is 1. The third-order valence-corrected chi connectivity index (χ3v) is 4.88. The van der Waals surface area contributed by atoms with E-state index >= 15 is 0 Å². The van der Waals surface area contributed by atoms with E-state index in [-0.39, 0.29) is 11.9 Å². The van der Waals surface area contributed by atoms with E-state index in [0.717, 1.165) is 23.3 Å². The lowest BCUT2D eigenvalue weighted by molar-refractivity contribution is 0.0694. The smallest absolute Gasteiger partial charge is 0.254 e. The first kappa shape index (κ1) is 16.3. The maximum absolute atomic E-state index is 13.2. The van der Waals surface area contributed by atoms with Gasteiger partial charge in [-0.3, -0.25) is 9.78 Å². The molecule has 0 bridgehead atoms. The first-order valence-corrected chi connectivity index (χ1v) is 8.70. The van der Waals surface area contributed by atoms with Gasteiger partial charge in [0.05, 0.1) is 13.2 Å². The van der Waals surface area contributed by atoms with Crippen LogP contribution in [0.1, 0.15) is 33.1 Å². The predicted molar refractivity (Wildman–Crippen MR) is 100 cm³/mol. The van der Waals surface area contributed by atoms with Gasteiger partial charge < -0.3 is 9.64 Å². The van der Waals surface area contributed by atoms with Crippen molar-refractivity contribution in [3.8, 4) is 5.75 Å². The Morgan fingerprint density at radius 3 is 2.58 bits per heavy atom. The van der Waals surface area contributed by atoms with Gasteiger partial charge in [0.2, 0.25) is 0 Å². The number of hydrogen-bond donors (Lipinski definition) is 0. The Hall–Kier alpha value is -3.14. The quantitative estimate of drug-likeness (QED) is 0.724. The molecule has 1 aliphatic heterocycles. The van der Waals surface area contributed by atoms with Gasteiger partial charge in [-0.1, -0.05) is 36.4 Å². The minimum Gasteiger partial charge on any atom is -0.497 e. The highest BCUT2D eigenvalue weighted by Crippen LogP contribution is 2.37. The highest BCUT2D eigenvalue weighted by Gasteiger charge is 2.32. The predicted octanol–water partition coefficient (Wildman–Crippen LogP) is 3.88. The van der Waals surface area contributed by atoms with E-state index in [9.17, 15) is 4.79 Å². The van der Waals surface area contributed by atoms with E-state index in [2.05, 4.69) is 29.2 Å². The second kappa shape index (κ2) is 7.00. The SMILES string of the molecule is COc1ccc2c(c1)CCN(C(=O)c1ccncc1)C2c1ccccc1. The van der Waals surface area contributed by atoms with Crippen LogP contribution in [0.15, 0.2) is 73.1 Å². The lowest BCUT2D eigenvalue weighted by Gasteiger charge is -2.38. The fraction of sp³-hybridized carbons (Fsp3) is 0.182. The van der Waals surface area contributed by atoms with Gasteiger partial charge in [0, 0.05) is 24.5 Å². The molecule has 0 saturated carbocycles. The van der Waals surface area contributed by atoms with Gasteiger partial charge in [-0.05, 0) is 47.4 Å². The van der Waals surface area contributed by atoms with Gasteiger partial charge in [0.15, 0.2) is 0 Å². The van der Waals surface area contributed by atoms with Gasteiger partial charge in [-0.2, -0.15) is 0 Å². The Balaban J connectivity index is 1.80. The Labute approximate surface area is 153 Å². The Morgan fingerprint density at radius 2 is 1.85 bits per heavy atom. The molecule has 4 heteroatoms. The van der Waals surface area contributed by atoms with E-state index in [1.165, 1.54) is 5.56 Å². The minimum atomic E-state index is -0.105. The van der Waals surface area contributed by atoms with Crippen LogP contribution >= 0.6 is 0 Å². The van der Waals surface area contributed by atoms with Crippen LogP contribution in [0.3, 0.4) is 0 Å². The standard InChI is InChI=1S/C22H20N2O2/c1-26-19-7-8-20-18(15-19)11-14-24(21(20)16-5-3-2-4-6-16)22(25)17-9-12-23-13-10-17/h2-10,12-13,15,21H,11,14H2,1H3. The molecule has 3 aromatic rings. The molecule has 1 aliphatic rings. The van der Waals surface area contributed by atoms with E-state index in [1.54, 1.807) is 31.6 Å². The summed E-state index contributed by atoms with van der Waals surface area (Å²) in [5.74, 6) is 0.882. The summed E-state index contributed by atoms with van der Waals surface area (Å²) in [7, 11) is 1.68. The normalized spacial score (nSPS) is 16.0. The number of carbonyl (C=O) groups is 1. The van der Waals surface area contributed by atoms with Crippen molar-refractivity contribution in [2.75, 3.05) is 13.7 Å². The van der Waals surface area contributed by atoms with Crippen molar-refractivity contribution in [3.63, 3.8) is 0 Å². The highest BCUT2D eigenvalue weighted by atomic mass is 16.5. The van der Waals surface area contributed by atoms with Crippen molar-refractivity contribution >= 4 is 5.91 Å². The molecule has 130 valence electrons. The van der Waals surface area contributed by atoms with Gasteiger partial charge in [0.25, 0.3) is 5.91 Å². The third kappa shape index (κ3) is 2.94. The molecule has 0 aliphatic carbocycles. The molecule has 4 rings (SSSR count). The lowest BCUT2D eigenvalue weighted by atomic mass is 9.87. The number of benzene rings is 2. The summed E-state index contributed by atoms with van der Waals surface area (Å²) in [5, 5.41) is 0. The molecule has 2 aromatic carbocycles. The topological polar surface area (TPSA) is 42.4 Å². The molecule has 2 heterocycles. The summed E-state index contributed by atoms with van der Waals surface area (Å²) in [4.78, 5) is 19.2.